The van der Waals surface area contributed by atoms with Crippen molar-refractivity contribution in [1.82, 2.24) is 4.90 Å². The van der Waals surface area contributed by atoms with Gasteiger partial charge in [0.05, 0.1) is 6.54 Å². The number of likely N-dealkylation sites (N-methyl/N-ethyl adjacent to an activating group) is 1. The van der Waals surface area contributed by atoms with Gasteiger partial charge in [-0.1, -0.05) is 17.7 Å². The molecule has 0 aliphatic carbocycles. The summed E-state index contributed by atoms with van der Waals surface area (Å²) in [6.07, 6.45) is 0. The van der Waals surface area contributed by atoms with Gasteiger partial charge in [-0.2, -0.15) is 0 Å². The van der Waals surface area contributed by atoms with Gasteiger partial charge in [0.15, 0.2) is 6.61 Å². The van der Waals surface area contributed by atoms with Crippen LogP contribution in [0.15, 0.2) is 51.7 Å². The lowest BCUT2D eigenvalue weighted by molar-refractivity contribution is -0.135. The highest BCUT2D eigenvalue weighted by atomic mass is 16.5. The third kappa shape index (κ3) is 4.86. The first-order valence-corrected chi connectivity index (χ1v) is 9.52. The summed E-state index contributed by atoms with van der Waals surface area (Å²) < 4.78 is 10.9. The summed E-state index contributed by atoms with van der Waals surface area (Å²) in [4.78, 5) is 37.5. The minimum atomic E-state index is -0.435. The van der Waals surface area contributed by atoms with E-state index in [0.717, 1.165) is 16.5 Å². The molecule has 2 aromatic carbocycles. The fourth-order valence-electron chi connectivity index (χ4n) is 3.05. The first-order valence-electron chi connectivity index (χ1n) is 9.52. The Labute approximate surface area is 174 Å². The van der Waals surface area contributed by atoms with E-state index in [2.05, 4.69) is 5.32 Å². The van der Waals surface area contributed by atoms with Crippen LogP contribution in [0.3, 0.4) is 0 Å². The van der Waals surface area contributed by atoms with Crippen molar-refractivity contribution in [3.63, 3.8) is 0 Å². The molecule has 0 saturated carbocycles. The summed E-state index contributed by atoms with van der Waals surface area (Å²) >= 11 is 0. The quantitative estimate of drug-likeness (QED) is 0.633. The zero-order valence-corrected chi connectivity index (χ0v) is 17.4. The van der Waals surface area contributed by atoms with E-state index >= 15 is 0 Å². The summed E-state index contributed by atoms with van der Waals surface area (Å²) in [5.41, 5.74) is 3.22. The standard InChI is InChI=1S/C23H24N2O5/c1-14-5-7-17(8-6-14)24-20(26)12-25(4)21(27)13-29-19-10-9-18-15(2)11-22(28)30-23(18)16(19)3/h5-11H,12-13H2,1-4H3,(H,24,26). The van der Waals surface area contributed by atoms with E-state index in [1.807, 2.05) is 26.0 Å². The van der Waals surface area contributed by atoms with Crippen LogP contribution in [0.2, 0.25) is 0 Å². The van der Waals surface area contributed by atoms with Gasteiger partial charge in [0, 0.05) is 29.8 Å². The van der Waals surface area contributed by atoms with Crippen molar-refractivity contribution in [2.45, 2.75) is 20.8 Å². The molecule has 0 unspecified atom stereocenters. The number of nitrogens with zero attached hydrogens (tertiary/aromatic N) is 1. The zero-order valence-electron chi connectivity index (χ0n) is 17.4. The van der Waals surface area contributed by atoms with Crippen molar-refractivity contribution in [2.75, 3.05) is 25.5 Å². The van der Waals surface area contributed by atoms with Gasteiger partial charge in [-0.15, -0.1) is 0 Å². The number of aryl methyl sites for hydroxylation is 3. The van der Waals surface area contributed by atoms with E-state index in [1.54, 1.807) is 31.2 Å². The number of anilines is 1. The molecule has 3 aromatic rings. The maximum Gasteiger partial charge on any atom is 0.336 e. The summed E-state index contributed by atoms with van der Waals surface area (Å²) in [6.45, 7) is 5.23. The van der Waals surface area contributed by atoms with Gasteiger partial charge >= 0.3 is 5.63 Å². The Morgan fingerprint density at radius 3 is 2.47 bits per heavy atom. The predicted octanol–water partition coefficient (Wildman–Crippen LogP) is 3.19. The van der Waals surface area contributed by atoms with E-state index in [4.69, 9.17) is 9.15 Å². The Hall–Kier alpha value is -3.61. The van der Waals surface area contributed by atoms with Crippen LogP contribution in [0, 0.1) is 20.8 Å². The maximum absolute atomic E-state index is 12.4. The molecule has 0 atom stereocenters. The minimum absolute atomic E-state index is 0.0964. The molecule has 7 nitrogen and oxygen atoms in total. The number of hydrogen-bond donors (Lipinski definition) is 1. The normalized spacial score (nSPS) is 10.7. The summed E-state index contributed by atoms with van der Waals surface area (Å²) in [5, 5.41) is 3.57. The Bertz CT molecular complexity index is 1150. The van der Waals surface area contributed by atoms with Gasteiger partial charge in [-0.3, -0.25) is 9.59 Å². The lowest BCUT2D eigenvalue weighted by Gasteiger charge is -2.18. The molecule has 1 aromatic heterocycles. The second-order valence-corrected chi connectivity index (χ2v) is 7.27. The number of rotatable bonds is 6. The number of hydrogen-bond acceptors (Lipinski definition) is 5. The number of fused-ring (bicyclic) bond motifs is 1. The molecule has 2 amide bonds. The van der Waals surface area contributed by atoms with Crippen molar-refractivity contribution in [1.29, 1.82) is 0 Å². The third-order valence-corrected chi connectivity index (χ3v) is 4.81. The lowest BCUT2D eigenvalue weighted by Crippen LogP contribution is -2.37. The van der Waals surface area contributed by atoms with Crippen LogP contribution in [0.5, 0.6) is 5.75 Å². The molecular formula is C23H24N2O5. The third-order valence-electron chi connectivity index (χ3n) is 4.81. The number of carbonyl (C=O) groups is 2. The van der Waals surface area contributed by atoms with Crippen molar-refractivity contribution in [2.24, 2.45) is 0 Å². The van der Waals surface area contributed by atoms with Crippen LogP contribution in [-0.2, 0) is 9.59 Å². The largest absolute Gasteiger partial charge is 0.483 e. The van der Waals surface area contributed by atoms with Gasteiger partial charge in [0.2, 0.25) is 5.91 Å². The highest BCUT2D eigenvalue weighted by Crippen LogP contribution is 2.28. The molecule has 3 rings (SSSR count). The van der Waals surface area contributed by atoms with E-state index in [1.165, 1.54) is 18.0 Å². The van der Waals surface area contributed by atoms with Crippen molar-refractivity contribution in [3.05, 3.63) is 69.6 Å². The predicted molar refractivity (Wildman–Crippen MR) is 115 cm³/mol. The zero-order chi connectivity index (χ0) is 21.8. The number of amides is 2. The Morgan fingerprint density at radius 1 is 1.07 bits per heavy atom. The molecule has 156 valence electrons. The molecule has 0 fully saturated rings. The van der Waals surface area contributed by atoms with Gasteiger partial charge in [0.1, 0.15) is 11.3 Å². The number of carbonyl (C=O) groups excluding carboxylic acids is 2. The molecule has 7 heteroatoms. The molecule has 1 N–H and O–H groups in total. The molecule has 0 radical (unpaired) electrons. The van der Waals surface area contributed by atoms with Gasteiger partial charge in [0.25, 0.3) is 5.91 Å². The van der Waals surface area contributed by atoms with Crippen molar-refractivity contribution >= 4 is 28.5 Å². The number of benzene rings is 2. The SMILES string of the molecule is Cc1ccc(NC(=O)CN(C)C(=O)COc2ccc3c(C)cc(=O)oc3c2C)cc1. The van der Waals surface area contributed by atoms with E-state index < -0.39 is 5.63 Å². The Morgan fingerprint density at radius 2 is 1.77 bits per heavy atom. The highest BCUT2D eigenvalue weighted by Gasteiger charge is 2.16. The molecule has 0 bridgehead atoms. The monoisotopic (exact) mass is 408 g/mol. The van der Waals surface area contributed by atoms with E-state index in [0.29, 0.717) is 22.6 Å². The number of ether oxygens (including phenoxy) is 1. The van der Waals surface area contributed by atoms with E-state index in [-0.39, 0.29) is 25.0 Å². The fraction of sp³-hybridized carbons (Fsp3) is 0.261. The second-order valence-electron chi connectivity index (χ2n) is 7.27. The molecule has 0 spiro atoms. The topological polar surface area (TPSA) is 88.9 Å². The average Bonchev–Trinajstić information content (AvgIpc) is 2.69. The Balaban J connectivity index is 1.60. The smallest absolute Gasteiger partial charge is 0.336 e. The van der Waals surface area contributed by atoms with Crippen LogP contribution >= 0.6 is 0 Å². The molecule has 0 saturated heterocycles. The van der Waals surface area contributed by atoms with Crippen LogP contribution in [0.4, 0.5) is 5.69 Å². The number of nitrogens with one attached hydrogen (secondary N) is 1. The molecule has 0 aliphatic rings. The maximum atomic E-state index is 12.4. The molecule has 30 heavy (non-hydrogen) atoms. The summed E-state index contributed by atoms with van der Waals surface area (Å²) in [6, 6.07) is 12.4. The highest BCUT2D eigenvalue weighted by molar-refractivity contribution is 5.94. The van der Waals surface area contributed by atoms with Crippen LogP contribution < -0.4 is 15.7 Å². The molecule has 0 aliphatic heterocycles. The van der Waals surface area contributed by atoms with Crippen LogP contribution in [0.25, 0.3) is 11.0 Å². The average molecular weight is 408 g/mol. The first kappa shape index (κ1) is 21.1. The van der Waals surface area contributed by atoms with Crippen LogP contribution in [0.1, 0.15) is 16.7 Å². The van der Waals surface area contributed by atoms with Crippen molar-refractivity contribution in [3.8, 4) is 5.75 Å². The molecular weight excluding hydrogens is 384 g/mol. The van der Waals surface area contributed by atoms with E-state index in [9.17, 15) is 14.4 Å². The molecule has 1 heterocycles. The van der Waals surface area contributed by atoms with Gasteiger partial charge in [-0.05, 0) is 50.6 Å². The second kappa shape index (κ2) is 8.82. The first-order chi connectivity index (χ1) is 14.2. The fourth-order valence-corrected chi connectivity index (χ4v) is 3.05. The van der Waals surface area contributed by atoms with Crippen LogP contribution in [-0.4, -0.2) is 36.9 Å². The Kier molecular flexibility index (Phi) is 6.20. The van der Waals surface area contributed by atoms with Gasteiger partial charge < -0.3 is 19.4 Å². The lowest BCUT2D eigenvalue weighted by atomic mass is 10.1. The summed E-state index contributed by atoms with van der Waals surface area (Å²) in [7, 11) is 1.54. The van der Waals surface area contributed by atoms with Crippen molar-refractivity contribution < 1.29 is 18.7 Å². The summed E-state index contributed by atoms with van der Waals surface area (Å²) in [5.74, 6) is -0.199. The van der Waals surface area contributed by atoms with Gasteiger partial charge in [-0.25, -0.2) is 4.79 Å². The minimum Gasteiger partial charge on any atom is -0.483 e.